The largest absolute Gasteiger partial charge is 0.382 e. The van der Waals surface area contributed by atoms with E-state index < -0.39 is 11.4 Å². The number of hydrogen-bond donors (Lipinski definition) is 1. The van der Waals surface area contributed by atoms with Crippen LogP contribution in [-0.2, 0) is 9.53 Å². The Kier molecular flexibility index (Phi) is 4.49. The molecule has 1 aromatic heterocycles. The minimum Gasteiger partial charge on any atom is -0.382 e. The average Bonchev–Trinajstić information content (AvgIpc) is 2.96. The van der Waals surface area contributed by atoms with Gasteiger partial charge in [-0.2, -0.15) is 0 Å². The first kappa shape index (κ1) is 16.4. The second-order valence-electron chi connectivity index (χ2n) is 6.24. The molecule has 0 radical (unpaired) electrons. The molecule has 0 bridgehead atoms. The van der Waals surface area contributed by atoms with Gasteiger partial charge in [0.1, 0.15) is 0 Å². The average molecular weight is 327 g/mol. The number of primary amides is 1. The standard InChI is InChI=1S/C18H21N3O3/c1-24-12-18(11-16(19)22)8-4-10-21(18)17(23)14-5-2-7-15-13(14)6-3-9-20-15/h2-3,5-7,9H,4,8,10-12H2,1H3,(H2,19,22)/t18-/m0/s1. The number of amides is 2. The van der Waals surface area contributed by atoms with E-state index in [1.54, 1.807) is 24.3 Å². The third-order valence-corrected chi connectivity index (χ3v) is 4.63. The van der Waals surface area contributed by atoms with E-state index in [1.807, 2.05) is 24.3 Å². The van der Waals surface area contributed by atoms with Crippen LogP contribution in [0.25, 0.3) is 10.9 Å². The zero-order valence-electron chi connectivity index (χ0n) is 13.7. The number of fused-ring (bicyclic) bond motifs is 1. The highest BCUT2D eigenvalue weighted by atomic mass is 16.5. The van der Waals surface area contributed by atoms with E-state index in [2.05, 4.69) is 4.98 Å². The Labute approximate surface area is 140 Å². The summed E-state index contributed by atoms with van der Waals surface area (Å²) in [5, 5.41) is 0.808. The van der Waals surface area contributed by atoms with Crippen LogP contribution in [0, 0.1) is 0 Å². The van der Waals surface area contributed by atoms with E-state index in [1.165, 1.54) is 0 Å². The van der Waals surface area contributed by atoms with Crippen molar-refractivity contribution in [3.05, 3.63) is 42.1 Å². The van der Waals surface area contributed by atoms with Crippen molar-refractivity contribution in [2.24, 2.45) is 5.73 Å². The van der Waals surface area contributed by atoms with Crippen LogP contribution in [0.3, 0.4) is 0 Å². The van der Waals surface area contributed by atoms with Gasteiger partial charge in [-0.25, -0.2) is 0 Å². The first-order chi connectivity index (χ1) is 11.6. The van der Waals surface area contributed by atoms with Gasteiger partial charge in [-0.3, -0.25) is 14.6 Å². The number of carbonyl (C=O) groups excluding carboxylic acids is 2. The van der Waals surface area contributed by atoms with Crippen molar-refractivity contribution in [2.75, 3.05) is 20.3 Å². The lowest BCUT2D eigenvalue weighted by atomic mass is 9.91. The van der Waals surface area contributed by atoms with Crippen molar-refractivity contribution in [1.82, 2.24) is 9.88 Å². The van der Waals surface area contributed by atoms with Crippen LogP contribution in [0.4, 0.5) is 0 Å². The van der Waals surface area contributed by atoms with Gasteiger partial charge in [0.25, 0.3) is 5.91 Å². The number of nitrogens with zero attached hydrogens (tertiary/aromatic N) is 2. The van der Waals surface area contributed by atoms with Gasteiger partial charge in [-0.1, -0.05) is 12.1 Å². The van der Waals surface area contributed by atoms with E-state index in [9.17, 15) is 9.59 Å². The quantitative estimate of drug-likeness (QED) is 0.906. The molecular weight excluding hydrogens is 306 g/mol. The first-order valence-electron chi connectivity index (χ1n) is 8.00. The fraction of sp³-hybridized carbons (Fsp3) is 0.389. The van der Waals surface area contributed by atoms with E-state index in [0.717, 1.165) is 17.3 Å². The highest BCUT2D eigenvalue weighted by Gasteiger charge is 2.45. The van der Waals surface area contributed by atoms with Crippen LogP contribution in [0.1, 0.15) is 29.6 Å². The minimum atomic E-state index is -0.665. The maximum absolute atomic E-state index is 13.2. The van der Waals surface area contributed by atoms with Gasteiger partial charge in [0.05, 0.1) is 24.1 Å². The molecule has 1 fully saturated rings. The van der Waals surface area contributed by atoms with Crippen molar-refractivity contribution < 1.29 is 14.3 Å². The Bertz CT molecular complexity index is 772. The predicted molar refractivity (Wildman–Crippen MR) is 90.4 cm³/mol. The minimum absolute atomic E-state index is 0.107. The summed E-state index contributed by atoms with van der Waals surface area (Å²) in [5.74, 6) is -0.532. The van der Waals surface area contributed by atoms with Crippen LogP contribution in [0.5, 0.6) is 0 Å². The molecule has 2 aromatic rings. The number of benzene rings is 1. The molecule has 126 valence electrons. The van der Waals surface area contributed by atoms with E-state index in [-0.39, 0.29) is 12.3 Å². The monoisotopic (exact) mass is 327 g/mol. The van der Waals surface area contributed by atoms with Crippen LogP contribution >= 0.6 is 0 Å². The van der Waals surface area contributed by atoms with E-state index in [0.29, 0.717) is 25.1 Å². The maximum atomic E-state index is 13.2. The summed E-state index contributed by atoms with van der Waals surface area (Å²) >= 11 is 0. The second kappa shape index (κ2) is 6.57. The number of ether oxygens (including phenoxy) is 1. The molecule has 1 saturated heterocycles. The van der Waals surface area contributed by atoms with Crippen molar-refractivity contribution in [3.8, 4) is 0 Å². The molecule has 1 aliphatic rings. The van der Waals surface area contributed by atoms with Crippen molar-refractivity contribution >= 4 is 22.7 Å². The van der Waals surface area contributed by atoms with Crippen molar-refractivity contribution in [1.29, 1.82) is 0 Å². The molecule has 6 nitrogen and oxygen atoms in total. The Hall–Kier alpha value is -2.47. The normalized spacial score (nSPS) is 20.5. The molecule has 2 heterocycles. The SMILES string of the molecule is COC[C@@]1(CC(N)=O)CCCN1C(=O)c1cccc2ncccc12. The smallest absolute Gasteiger partial charge is 0.255 e. The van der Waals surface area contributed by atoms with Crippen LogP contribution < -0.4 is 5.73 Å². The number of nitrogens with two attached hydrogens (primary N) is 1. The van der Waals surface area contributed by atoms with Gasteiger partial charge < -0.3 is 15.4 Å². The van der Waals surface area contributed by atoms with Gasteiger partial charge in [0.2, 0.25) is 5.91 Å². The van der Waals surface area contributed by atoms with Gasteiger partial charge >= 0.3 is 0 Å². The van der Waals surface area contributed by atoms with Crippen molar-refractivity contribution in [2.45, 2.75) is 24.8 Å². The molecule has 0 aliphatic carbocycles. The number of likely N-dealkylation sites (tertiary alicyclic amines) is 1. The third-order valence-electron chi connectivity index (χ3n) is 4.63. The van der Waals surface area contributed by atoms with Gasteiger partial charge in [-0.05, 0) is 31.0 Å². The summed E-state index contributed by atoms with van der Waals surface area (Å²) in [5.41, 5.74) is 6.14. The zero-order valence-corrected chi connectivity index (χ0v) is 13.7. The molecule has 2 amide bonds. The summed E-state index contributed by atoms with van der Waals surface area (Å²) in [6, 6.07) is 9.20. The van der Waals surface area contributed by atoms with Crippen LogP contribution in [0.15, 0.2) is 36.5 Å². The topological polar surface area (TPSA) is 85.5 Å². The Balaban J connectivity index is 2.02. The summed E-state index contributed by atoms with van der Waals surface area (Å²) in [6.07, 6.45) is 3.34. The Morgan fingerprint density at radius 2 is 2.17 bits per heavy atom. The summed E-state index contributed by atoms with van der Waals surface area (Å²) < 4.78 is 5.32. The fourth-order valence-electron chi connectivity index (χ4n) is 3.67. The molecule has 0 unspecified atom stereocenters. The van der Waals surface area contributed by atoms with Crippen LogP contribution in [0.2, 0.25) is 0 Å². The molecule has 6 heteroatoms. The van der Waals surface area contributed by atoms with Crippen molar-refractivity contribution in [3.63, 3.8) is 0 Å². The highest BCUT2D eigenvalue weighted by molar-refractivity contribution is 6.06. The summed E-state index contributed by atoms with van der Waals surface area (Å²) in [6.45, 7) is 0.886. The molecule has 2 N–H and O–H groups in total. The van der Waals surface area contributed by atoms with Gasteiger partial charge in [0.15, 0.2) is 0 Å². The third kappa shape index (κ3) is 2.85. The zero-order chi connectivity index (χ0) is 17.2. The number of hydrogen-bond acceptors (Lipinski definition) is 4. The second-order valence-corrected chi connectivity index (χ2v) is 6.24. The maximum Gasteiger partial charge on any atom is 0.255 e. The fourth-order valence-corrected chi connectivity index (χ4v) is 3.67. The van der Waals surface area contributed by atoms with Gasteiger partial charge in [-0.15, -0.1) is 0 Å². The predicted octanol–water partition coefficient (Wildman–Crippen LogP) is 1.73. The lowest BCUT2D eigenvalue weighted by Gasteiger charge is -2.37. The number of pyridine rings is 1. The van der Waals surface area contributed by atoms with Gasteiger partial charge in [0, 0.05) is 30.8 Å². The number of rotatable bonds is 5. The molecule has 1 aliphatic heterocycles. The molecule has 3 rings (SSSR count). The molecule has 24 heavy (non-hydrogen) atoms. The Morgan fingerprint density at radius 3 is 2.92 bits per heavy atom. The molecule has 0 saturated carbocycles. The number of aromatic nitrogens is 1. The van der Waals surface area contributed by atoms with E-state index in [4.69, 9.17) is 10.5 Å². The first-order valence-corrected chi connectivity index (χ1v) is 8.00. The molecule has 1 atom stereocenters. The van der Waals surface area contributed by atoms with Crippen LogP contribution in [-0.4, -0.2) is 47.5 Å². The molecule has 1 aromatic carbocycles. The van der Waals surface area contributed by atoms with E-state index >= 15 is 0 Å². The number of carbonyl (C=O) groups is 2. The summed E-state index contributed by atoms with van der Waals surface area (Å²) in [4.78, 5) is 30.8. The lowest BCUT2D eigenvalue weighted by Crippen LogP contribution is -2.52. The Morgan fingerprint density at radius 1 is 1.33 bits per heavy atom. The molecular formula is C18H21N3O3. The lowest BCUT2D eigenvalue weighted by molar-refractivity contribution is -0.121. The highest BCUT2D eigenvalue weighted by Crippen LogP contribution is 2.35. The summed E-state index contributed by atoms with van der Waals surface area (Å²) in [7, 11) is 1.57. The molecule has 0 spiro atoms. The number of methoxy groups -OCH3 is 1.